The van der Waals surface area contributed by atoms with Crippen LogP contribution < -0.4 is 4.90 Å². The minimum absolute atomic E-state index is 0.183. The van der Waals surface area contributed by atoms with E-state index in [1.165, 1.54) is 40.2 Å². The maximum absolute atomic E-state index is 2.50. The standard InChI is InChI=1S/C31H33N/c1-5-11-23(12-10-21-30(2,3)4)24-17-19-26(20-18-24)32-28-15-8-7-14-27(28)31-22-25(31)13-6-9-16-29(31)32/h5-8,10-21,25H,9,22H2,1-4H3/b11-5-,21-10+,23-12+. The molecule has 2 unspecified atom stereocenters. The molecule has 1 heterocycles. The lowest BCUT2D eigenvalue weighted by molar-refractivity contribution is 0.544. The van der Waals surface area contributed by atoms with E-state index in [9.17, 15) is 0 Å². The van der Waals surface area contributed by atoms with Gasteiger partial charge < -0.3 is 4.90 Å². The fourth-order valence-corrected chi connectivity index (χ4v) is 5.28. The van der Waals surface area contributed by atoms with E-state index < -0.39 is 0 Å². The molecule has 0 radical (unpaired) electrons. The van der Waals surface area contributed by atoms with E-state index in [0.29, 0.717) is 5.92 Å². The summed E-state index contributed by atoms with van der Waals surface area (Å²) in [5.74, 6) is 0.639. The first-order chi connectivity index (χ1) is 15.4. The van der Waals surface area contributed by atoms with E-state index in [1.54, 1.807) is 0 Å². The highest BCUT2D eigenvalue weighted by molar-refractivity contribution is 5.84. The third-order valence-corrected chi connectivity index (χ3v) is 6.83. The van der Waals surface area contributed by atoms with Gasteiger partial charge >= 0.3 is 0 Å². The number of benzene rings is 2. The summed E-state index contributed by atoms with van der Waals surface area (Å²) in [5, 5.41) is 0. The molecule has 1 heteroatoms. The maximum atomic E-state index is 2.50. The highest BCUT2D eigenvalue weighted by atomic mass is 15.2. The SMILES string of the molecule is C\C=C/C(=C\C=C\C(C)(C)C)c1ccc(N2C3=CCC=CC4CC34c3ccccc32)cc1. The lowest BCUT2D eigenvalue weighted by Gasteiger charge is -2.24. The molecule has 0 aromatic heterocycles. The molecule has 0 saturated heterocycles. The van der Waals surface area contributed by atoms with Crippen molar-refractivity contribution in [2.45, 2.75) is 46.0 Å². The van der Waals surface area contributed by atoms with Crippen LogP contribution in [0.3, 0.4) is 0 Å². The summed E-state index contributed by atoms with van der Waals surface area (Å²) in [5.41, 5.74) is 8.42. The number of para-hydroxylation sites is 1. The van der Waals surface area contributed by atoms with E-state index in [0.717, 1.165) is 6.42 Å². The Morgan fingerprint density at radius 3 is 2.59 bits per heavy atom. The van der Waals surface area contributed by atoms with Crippen LogP contribution in [0.1, 0.15) is 51.7 Å². The van der Waals surface area contributed by atoms with Crippen LogP contribution in [-0.4, -0.2) is 0 Å². The Hall–Kier alpha value is -3.06. The minimum Gasteiger partial charge on any atom is -0.313 e. The molecule has 5 rings (SSSR count). The number of allylic oxidation sites excluding steroid dienone is 10. The number of anilines is 2. The van der Waals surface area contributed by atoms with E-state index >= 15 is 0 Å². The molecular weight excluding hydrogens is 386 g/mol. The molecule has 1 fully saturated rings. The first-order valence-electron chi connectivity index (χ1n) is 11.8. The zero-order valence-electron chi connectivity index (χ0n) is 19.7. The van der Waals surface area contributed by atoms with E-state index in [1.807, 2.05) is 0 Å². The average Bonchev–Trinajstić information content (AvgIpc) is 3.45. The molecule has 1 saturated carbocycles. The van der Waals surface area contributed by atoms with Crippen LogP contribution in [0.25, 0.3) is 5.57 Å². The fourth-order valence-electron chi connectivity index (χ4n) is 5.28. The van der Waals surface area contributed by atoms with Gasteiger partial charge in [-0.25, -0.2) is 0 Å². The van der Waals surface area contributed by atoms with Crippen molar-refractivity contribution in [2.24, 2.45) is 11.3 Å². The second kappa shape index (κ2) is 7.81. The van der Waals surface area contributed by atoms with Gasteiger partial charge in [0.15, 0.2) is 0 Å². The zero-order chi connectivity index (χ0) is 22.3. The van der Waals surface area contributed by atoms with Crippen molar-refractivity contribution in [3.63, 3.8) is 0 Å². The maximum Gasteiger partial charge on any atom is 0.0500 e. The second-order valence-corrected chi connectivity index (χ2v) is 10.3. The molecule has 0 amide bonds. The predicted molar refractivity (Wildman–Crippen MR) is 138 cm³/mol. The predicted octanol–water partition coefficient (Wildman–Crippen LogP) is 8.50. The van der Waals surface area contributed by atoms with Crippen LogP contribution in [0, 0.1) is 11.3 Å². The van der Waals surface area contributed by atoms with Crippen molar-refractivity contribution < 1.29 is 0 Å². The normalized spacial score (nSPS) is 24.4. The molecule has 1 aliphatic heterocycles. The Balaban J connectivity index is 1.51. The molecule has 1 spiro atoms. The quantitative estimate of drug-likeness (QED) is 0.355. The van der Waals surface area contributed by atoms with Gasteiger partial charge in [-0.2, -0.15) is 0 Å². The molecule has 2 atom stereocenters. The minimum atomic E-state index is 0.183. The summed E-state index contributed by atoms with van der Waals surface area (Å²) in [6.45, 7) is 8.76. The summed E-state index contributed by atoms with van der Waals surface area (Å²) in [4.78, 5) is 2.50. The van der Waals surface area contributed by atoms with Gasteiger partial charge in [0.1, 0.15) is 0 Å². The number of fused-ring (bicyclic) bond motifs is 1. The van der Waals surface area contributed by atoms with Crippen molar-refractivity contribution in [3.05, 3.63) is 114 Å². The lowest BCUT2D eigenvalue weighted by Crippen LogP contribution is -2.18. The fraction of sp³-hybridized carbons (Fsp3) is 0.290. The van der Waals surface area contributed by atoms with Crippen molar-refractivity contribution in [2.75, 3.05) is 4.90 Å². The van der Waals surface area contributed by atoms with Gasteiger partial charge in [0.25, 0.3) is 0 Å². The van der Waals surface area contributed by atoms with E-state index in [4.69, 9.17) is 0 Å². The summed E-state index contributed by atoms with van der Waals surface area (Å²) in [7, 11) is 0. The Bertz CT molecular complexity index is 1160. The molecule has 0 bridgehead atoms. The highest BCUT2D eigenvalue weighted by Crippen LogP contribution is 2.68. The van der Waals surface area contributed by atoms with Crippen LogP contribution in [-0.2, 0) is 5.41 Å². The van der Waals surface area contributed by atoms with E-state index in [2.05, 4.69) is 130 Å². The average molecular weight is 420 g/mol. The molecule has 32 heavy (non-hydrogen) atoms. The summed E-state index contributed by atoms with van der Waals surface area (Å²) in [6.07, 6.45) is 20.4. The second-order valence-electron chi connectivity index (χ2n) is 10.3. The van der Waals surface area contributed by atoms with Gasteiger partial charge in [0.05, 0.1) is 5.69 Å². The van der Waals surface area contributed by atoms with Crippen molar-refractivity contribution >= 4 is 16.9 Å². The van der Waals surface area contributed by atoms with Gasteiger partial charge in [0.2, 0.25) is 0 Å². The lowest BCUT2D eigenvalue weighted by atomic mass is 9.93. The van der Waals surface area contributed by atoms with Crippen molar-refractivity contribution in [3.8, 4) is 0 Å². The molecule has 2 aromatic rings. The van der Waals surface area contributed by atoms with Crippen LogP contribution in [0.15, 0.2) is 103 Å². The molecule has 2 aliphatic carbocycles. The van der Waals surface area contributed by atoms with Crippen molar-refractivity contribution in [1.29, 1.82) is 0 Å². The topological polar surface area (TPSA) is 3.24 Å². The van der Waals surface area contributed by atoms with Crippen LogP contribution in [0.5, 0.6) is 0 Å². The summed E-state index contributed by atoms with van der Waals surface area (Å²) in [6, 6.07) is 18.1. The van der Waals surface area contributed by atoms with Crippen LogP contribution in [0.2, 0.25) is 0 Å². The first-order valence-corrected chi connectivity index (χ1v) is 11.8. The molecular formula is C31H33N. The molecule has 1 nitrogen and oxygen atoms in total. The number of hydrogen-bond acceptors (Lipinski definition) is 1. The number of rotatable bonds is 4. The zero-order valence-corrected chi connectivity index (χ0v) is 19.7. The van der Waals surface area contributed by atoms with Crippen molar-refractivity contribution in [1.82, 2.24) is 0 Å². The van der Waals surface area contributed by atoms with Crippen LogP contribution >= 0.6 is 0 Å². The number of hydrogen-bond donors (Lipinski definition) is 0. The van der Waals surface area contributed by atoms with Gasteiger partial charge in [0, 0.05) is 16.8 Å². The largest absolute Gasteiger partial charge is 0.313 e. The molecule has 3 aliphatic rings. The van der Waals surface area contributed by atoms with Gasteiger partial charge in [-0.15, -0.1) is 0 Å². The van der Waals surface area contributed by atoms with Gasteiger partial charge in [-0.3, -0.25) is 0 Å². The Labute approximate surface area is 193 Å². The van der Waals surface area contributed by atoms with Crippen LogP contribution in [0.4, 0.5) is 11.4 Å². The number of nitrogens with zero attached hydrogens (tertiary/aromatic N) is 1. The third-order valence-electron chi connectivity index (χ3n) is 6.83. The molecule has 162 valence electrons. The third kappa shape index (κ3) is 3.50. The molecule has 0 N–H and O–H groups in total. The van der Waals surface area contributed by atoms with E-state index in [-0.39, 0.29) is 10.8 Å². The van der Waals surface area contributed by atoms with Gasteiger partial charge in [-0.1, -0.05) is 99.7 Å². The summed E-state index contributed by atoms with van der Waals surface area (Å²) >= 11 is 0. The monoisotopic (exact) mass is 419 g/mol. The Morgan fingerprint density at radius 1 is 1.06 bits per heavy atom. The summed E-state index contributed by atoms with van der Waals surface area (Å²) < 4.78 is 0. The molecule has 2 aromatic carbocycles. The smallest absolute Gasteiger partial charge is 0.0500 e. The Kier molecular flexibility index (Phi) is 5.08. The van der Waals surface area contributed by atoms with Gasteiger partial charge in [-0.05, 0) is 66.0 Å². The Morgan fingerprint density at radius 2 is 1.84 bits per heavy atom. The first kappa shape index (κ1) is 20.8. The highest BCUT2D eigenvalue weighted by Gasteiger charge is 2.62.